The predicted molar refractivity (Wildman–Crippen MR) is 91.1 cm³/mol. The number of rotatable bonds is 5. The van der Waals surface area contributed by atoms with Crippen LogP contribution in [0.15, 0.2) is 18.2 Å². The second-order valence-electron chi connectivity index (χ2n) is 5.52. The van der Waals surface area contributed by atoms with E-state index >= 15 is 0 Å². The smallest absolute Gasteiger partial charge is 0.251 e. The molecule has 0 spiro atoms. The zero-order valence-corrected chi connectivity index (χ0v) is 13.9. The number of nitrogens with zero attached hydrogens (tertiary/aromatic N) is 1. The van der Waals surface area contributed by atoms with E-state index in [2.05, 4.69) is 22.6 Å². The quantitative estimate of drug-likeness (QED) is 0.870. The van der Waals surface area contributed by atoms with Gasteiger partial charge in [-0.05, 0) is 50.1 Å². The van der Waals surface area contributed by atoms with E-state index in [0.29, 0.717) is 0 Å². The lowest BCUT2D eigenvalue weighted by Crippen LogP contribution is -2.33. The number of hydrogen-bond acceptors (Lipinski definition) is 3. The molecule has 0 atom stereocenters. The highest BCUT2D eigenvalue weighted by Gasteiger charge is 2.25. The van der Waals surface area contributed by atoms with Crippen molar-refractivity contribution in [2.75, 3.05) is 32.0 Å². The summed E-state index contributed by atoms with van der Waals surface area (Å²) in [6.45, 7) is 2.64. The normalized spacial score (nSPS) is 15.5. The Morgan fingerprint density at radius 3 is 2.86 bits per heavy atom. The topological polar surface area (TPSA) is 44.4 Å². The van der Waals surface area contributed by atoms with Gasteiger partial charge in [0.25, 0.3) is 5.91 Å². The predicted octanol–water partition coefficient (Wildman–Crippen LogP) is 2.32. The van der Waals surface area contributed by atoms with E-state index in [4.69, 9.17) is 0 Å². The van der Waals surface area contributed by atoms with E-state index in [9.17, 15) is 4.79 Å². The Bertz CT molecular complexity index is 492. The molecule has 2 N–H and O–H groups in total. The average Bonchev–Trinajstić information content (AvgIpc) is 3.16. The first-order chi connectivity index (χ1) is 9.24. The number of anilines is 1. The summed E-state index contributed by atoms with van der Waals surface area (Å²) in [5.41, 5.74) is 3.20. The fourth-order valence-electron chi connectivity index (χ4n) is 2.59. The molecule has 1 fully saturated rings. The lowest BCUT2D eigenvalue weighted by Gasteiger charge is -2.15. The van der Waals surface area contributed by atoms with Crippen LogP contribution in [-0.4, -0.2) is 43.5 Å². The molecule has 1 aromatic rings. The minimum Gasteiger partial charge on any atom is -0.384 e. The van der Waals surface area contributed by atoms with Gasteiger partial charge in [0.15, 0.2) is 0 Å². The van der Waals surface area contributed by atoms with E-state index in [1.54, 1.807) is 0 Å². The van der Waals surface area contributed by atoms with Crippen LogP contribution in [0.5, 0.6) is 0 Å². The maximum atomic E-state index is 12.1. The molecule has 1 amide bonds. The summed E-state index contributed by atoms with van der Waals surface area (Å²) in [7, 11) is 2.13. The number of hydrogen-bond donors (Lipinski definition) is 2. The molecule has 1 aromatic carbocycles. The maximum absolute atomic E-state index is 12.1. The molecule has 3 rings (SSSR count). The molecule has 1 saturated carbocycles. The first-order valence-electron chi connectivity index (χ1n) is 7.09. The number of nitrogens with one attached hydrogen (secondary N) is 2. The third kappa shape index (κ3) is 4.50. The Morgan fingerprint density at radius 1 is 1.38 bits per heavy atom. The molecule has 6 heteroatoms. The standard InChI is InChI=1S/C15H21N3O.2ClH/c1-18(13-3-4-13)9-8-17-15(19)12-2-5-14-11(10-12)6-7-16-14;;/h2,5,10,13,16H,3-4,6-9H2,1H3,(H,17,19);2*1H. The van der Waals surface area contributed by atoms with Crippen LogP contribution in [-0.2, 0) is 6.42 Å². The van der Waals surface area contributed by atoms with Crippen LogP contribution in [0.4, 0.5) is 5.69 Å². The highest BCUT2D eigenvalue weighted by atomic mass is 35.5. The van der Waals surface area contributed by atoms with Gasteiger partial charge in [0, 0.05) is 36.9 Å². The molecule has 1 aliphatic heterocycles. The molecule has 1 aliphatic carbocycles. The fraction of sp³-hybridized carbons (Fsp3) is 0.533. The van der Waals surface area contributed by atoms with Crippen LogP contribution < -0.4 is 10.6 Å². The largest absolute Gasteiger partial charge is 0.384 e. The second-order valence-corrected chi connectivity index (χ2v) is 5.52. The van der Waals surface area contributed by atoms with Crippen molar-refractivity contribution in [3.63, 3.8) is 0 Å². The van der Waals surface area contributed by atoms with Crippen LogP contribution >= 0.6 is 24.8 Å². The minimum absolute atomic E-state index is 0. The van der Waals surface area contributed by atoms with E-state index in [1.165, 1.54) is 24.1 Å². The van der Waals surface area contributed by atoms with Gasteiger partial charge in [-0.25, -0.2) is 0 Å². The number of halogens is 2. The van der Waals surface area contributed by atoms with Gasteiger partial charge in [0.1, 0.15) is 0 Å². The molecular formula is C15H23Cl2N3O. The van der Waals surface area contributed by atoms with E-state index in [0.717, 1.165) is 37.7 Å². The lowest BCUT2D eigenvalue weighted by molar-refractivity contribution is 0.0949. The number of benzene rings is 1. The number of carbonyl (C=O) groups is 1. The molecule has 0 saturated heterocycles. The van der Waals surface area contributed by atoms with Crippen LogP contribution in [0.25, 0.3) is 0 Å². The molecule has 118 valence electrons. The molecule has 4 nitrogen and oxygen atoms in total. The van der Waals surface area contributed by atoms with E-state index in [-0.39, 0.29) is 30.7 Å². The summed E-state index contributed by atoms with van der Waals surface area (Å²) in [5, 5.41) is 6.31. The van der Waals surface area contributed by atoms with Crippen LogP contribution in [0.1, 0.15) is 28.8 Å². The Kier molecular flexibility index (Phi) is 6.78. The van der Waals surface area contributed by atoms with Crippen LogP contribution in [0, 0.1) is 0 Å². The minimum atomic E-state index is 0. The first-order valence-corrected chi connectivity index (χ1v) is 7.09. The third-order valence-electron chi connectivity index (χ3n) is 4.00. The van der Waals surface area contributed by atoms with Crippen molar-refractivity contribution >= 4 is 36.4 Å². The maximum Gasteiger partial charge on any atom is 0.251 e. The Morgan fingerprint density at radius 2 is 2.14 bits per heavy atom. The van der Waals surface area contributed by atoms with Crippen LogP contribution in [0.2, 0.25) is 0 Å². The van der Waals surface area contributed by atoms with Crippen molar-refractivity contribution in [1.82, 2.24) is 10.2 Å². The number of likely N-dealkylation sites (N-methyl/N-ethyl adjacent to an activating group) is 1. The second kappa shape index (κ2) is 7.87. The summed E-state index contributed by atoms with van der Waals surface area (Å²) in [4.78, 5) is 14.4. The molecule has 0 unspecified atom stereocenters. The average molecular weight is 332 g/mol. The molecule has 0 radical (unpaired) electrons. The highest BCUT2D eigenvalue weighted by molar-refractivity contribution is 5.95. The van der Waals surface area contributed by atoms with Crippen molar-refractivity contribution in [3.05, 3.63) is 29.3 Å². The van der Waals surface area contributed by atoms with Gasteiger partial charge in [0.2, 0.25) is 0 Å². The van der Waals surface area contributed by atoms with E-state index in [1.807, 2.05) is 18.2 Å². The van der Waals surface area contributed by atoms with Crippen molar-refractivity contribution < 1.29 is 4.79 Å². The van der Waals surface area contributed by atoms with Gasteiger partial charge in [-0.15, -0.1) is 24.8 Å². The van der Waals surface area contributed by atoms with Crippen LogP contribution in [0.3, 0.4) is 0 Å². The van der Waals surface area contributed by atoms with Gasteiger partial charge in [-0.3, -0.25) is 4.79 Å². The Balaban J connectivity index is 0.00000110. The summed E-state index contributed by atoms with van der Waals surface area (Å²) in [6.07, 6.45) is 3.63. The van der Waals surface area contributed by atoms with Gasteiger partial charge < -0.3 is 15.5 Å². The number of amides is 1. The number of fused-ring (bicyclic) bond motifs is 1. The molecule has 1 heterocycles. The monoisotopic (exact) mass is 331 g/mol. The summed E-state index contributed by atoms with van der Waals surface area (Å²) in [5.74, 6) is 0.0406. The van der Waals surface area contributed by atoms with Gasteiger partial charge in [0.05, 0.1) is 0 Å². The molecule has 0 aromatic heterocycles. The molecular weight excluding hydrogens is 309 g/mol. The third-order valence-corrected chi connectivity index (χ3v) is 4.00. The van der Waals surface area contributed by atoms with Crippen molar-refractivity contribution in [2.45, 2.75) is 25.3 Å². The van der Waals surface area contributed by atoms with Gasteiger partial charge >= 0.3 is 0 Å². The van der Waals surface area contributed by atoms with Crippen molar-refractivity contribution in [3.8, 4) is 0 Å². The Hall–Kier alpha value is -0.970. The van der Waals surface area contributed by atoms with Gasteiger partial charge in [-0.1, -0.05) is 0 Å². The highest BCUT2D eigenvalue weighted by Crippen LogP contribution is 2.25. The number of carbonyl (C=O) groups excluding carboxylic acids is 1. The summed E-state index contributed by atoms with van der Waals surface area (Å²) in [6, 6.07) is 6.67. The SMILES string of the molecule is CN(CCNC(=O)c1ccc2c(c1)CCN2)C1CC1.Cl.Cl. The first kappa shape index (κ1) is 18.1. The molecule has 21 heavy (non-hydrogen) atoms. The summed E-state index contributed by atoms with van der Waals surface area (Å²) < 4.78 is 0. The zero-order chi connectivity index (χ0) is 13.2. The molecule has 2 aliphatic rings. The zero-order valence-electron chi connectivity index (χ0n) is 12.2. The summed E-state index contributed by atoms with van der Waals surface area (Å²) >= 11 is 0. The van der Waals surface area contributed by atoms with Crippen molar-refractivity contribution in [2.24, 2.45) is 0 Å². The van der Waals surface area contributed by atoms with Gasteiger partial charge in [-0.2, -0.15) is 0 Å². The fourth-order valence-corrected chi connectivity index (χ4v) is 2.59. The Labute approximate surface area is 138 Å². The van der Waals surface area contributed by atoms with Crippen molar-refractivity contribution in [1.29, 1.82) is 0 Å². The molecule has 0 bridgehead atoms. The lowest BCUT2D eigenvalue weighted by atomic mass is 10.1. The van der Waals surface area contributed by atoms with E-state index < -0.39 is 0 Å².